The first-order chi connectivity index (χ1) is 9.07. The number of halogens is 1. The van der Waals surface area contributed by atoms with Gasteiger partial charge in [-0.25, -0.2) is 4.39 Å². The van der Waals surface area contributed by atoms with Gasteiger partial charge < -0.3 is 10.6 Å². The maximum Gasteiger partial charge on any atom is 0.224 e. The van der Waals surface area contributed by atoms with E-state index in [0.717, 1.165) is 18.4 Å². The van der Waals surface area contributed by atoms with Crippen LogP contribution in [-0.2, 0) is 10.2 Å². The Morgan fingerprint density at radius 1 is 1.37 bits per heavy atom. The molecule has 1 aliphatic carbocycles. The molecular weight excluding hydrogens is 243 g/mol. The molecule has 0 radical (unpaired) electrons. The normalized spacial score (nSPS) is 17.8. The summed E-state index contributed by atoms with van der Waals surface area (Å²) in [6.07, 6.45) is 2.11. The lowest BCUT2D eigenvalue weighted by atomic mass is 9.95. The number of amides is 1. The molecule has 19 heavy (non-hydrogen) atoms. The van der Waals surface area contributed by atoms with E-state index in [9.17, 15) is 9.18 Å². The summed E-state index contributed by atoms with van der Waals surface area (Å²) in [5, 5.41) is 6.01. The van der Waals surface area contributed by atoms with Gasteiger partial charge in [0.25, 0.3) is 0 Å². The Morgan fingerprint density at radius 3 is 2.53 bits per heavy atom. The van der Waals surface area contributed by atoms with Crippen LogP contribution in [0.4, 0.5) is 4.39 Å². The highest BCUT2D eigenvalue weighted by Gasteiger charge is 2.44. The zero-order valence-electron chi connectivity index (χ0n) is 11.5. The molecule has 4 heteroatoms. The molecule has 2 N–H and O–H groups in total. The Kier molecular flexibility index (Phi) is 4.20. The Hall–Kier alpha value is -1.42. The van der Waals surface area contributed by atoms with Crippen molar-refractivity contribution in [3.05, 3.63) is 35.6 Å². The van der Waals surface area contributed by atoms with Crippen molar-refractivity contribution in [2.45, 2.75) is 25.2 Å². The van der Waals surface area contributed by atoms with Crippen LogP contribution in [0.25, 0.3) is 0 Å². The molecule has 104 valence electrons. The average molecular weight is 264 g/mol. The monoisotopic (exact) mass is 264 g/mol. The van der Waals surface area contributed by atoms with Crippen LogP contribution in [-0.4, -0.2) is 26.0 Å². The number of hydrogen-bond donors (Lipinski definition) is 2. The molecule has 0 saturated heterocycles. The summed E-state index contributed by atoms with van der Waals surface area (Å²) in [6, 6.07) is 6.62. The number of carbonyl (C=O) groups excluding carboxylic acids is 1. The predicted octanol–water partition coefficient (Wildman–Crippen LogP) is 1.83. The van der Waals surface area contributed by atoms with E-state index >= 15 is 0 Å². The van der Waals surface area contributed by atoms with Crippen molar-refractivity contribution in [1.29, 1.82) is 0 Å². The Bertz CT molecular complexity index is 440. The molecule has 0 aliphatic heterocycles. The van der Waals surface area contributed by atoms with Crippen LogP contribution in [0.2, 0.25) is 0 Å². The topological polar surface area (TPSA) is 41.1 Å². The number of rotatable bonds is 6. The highest BCUT2D eigenvalue weighted by Crippen LogP contribution is 2.47. The molecule has 0 heterocycles. The van der Waals surface area contributed by atoms with Crippen LogP contribution in [0.5, 0.6) is 0 Å². The first-order valence-corrected chi connectivity index (χ1v) is 6.76. The van der Waals surface area contributed by atoms with Crippen molar-refractivity contribution in [3.8, 4) is 0 Å². The molecule has 0 bridgehead atoms. The van der Waals surface area contributed by atoms with Gasteiger partial charge in [0.2, 0.25) is 5.91 Å². The van der Waals surface area contributed by atoms with Crippen molar-refractivity contribution >= 4 is 5.91 Å². The first-order valence-electron chi connectivity index (χ1n) is 6.76. The fourth-order valence-electron chi connectivity index (χ4n) is 2.35. The largest absolute Gasteiger partial charge is 0.355 e. The van der Waals surface area contributed by atoms with E-state index < -0.39 is 0 Å². The summed E-state index contributed by atoms with van der Waals surface area (Å²) < 4.78 is 12.9. The third-order valence-electron chi connectivity index (χ3n) is 3.87. The summed E-state index contributed by atoms with van der Waals surface area (Å²) in [5.74, 6) is -0.178. The third kappa shape index (κ3) is 3.32. The van der Waals surface area contributed by atoms with E-state index in [1.165, 1.54) is 12.1 Å². The molecule has 1 atom stereocenters. The Balaban J connectivity index is 1.92. The molecule has 1 saturated carbocycles. The van der Waals surface area contributed by atoms with Crippen LogP contribution >= 0.6 is 0 Å². The molecule has 0 spiro atoms. The molecule has 1 aromatic rings. The van der Waals surface area contributed by atoms with Gasteiger partial charge in [-0.1, -0.05) is 19.1 Å². The van der Waals surface area contributed by atoms with E-state index in [1.807, 2.05) is 26.1 Å². The molecule has 0 aromatic heterocycles. The highest BCUT2D eigenvalue weighted by atomic mass is 19.1. The third-order valence-corrected chi connectivity index (χ3v) is 3.87. The van der Waals surface area contributed by atoms with Gasteiger partial charge in [-0.15, -0.1) is 0 Å². The zero-order valence-corrected chi connectivity index (χ0v) is 11.5. The quantitative estimate of drug-likeness (QED) is 0.823. The molecule has 1 amide bonds. The zero-order chi connectivity index (χ0) is 13.9. The van der Waals surface area contributed by atoms with Crippen LogP contribution in [0.3, 0.4) is 0 Å². The van der Waals surface area contributed by atoms with Gasteiger partial charge in [-0.05, 0) is 37.6 Å². The summed E-state index contributed by atoms with van der Waals surface area (Å²) in [4.78, 5) is 11.9. The second-order valence-corrected chi connectivity index (χ2v) is 5.46. The summed E-state index contributed by atoms with van der Waals surface area (Å²) in [5.41, 5.74) is 1.15. The van der Waals surface area contributed by atoms with Gasteiger partial charge >= 0.3 is 0 Å². The molecule has 2 rings (SSSR count). The second kappa shape index (κ2) is 5.70. The van der Waals surface area contributed by atoms with Crippen molar-refractivity contribution < 1.29 is 9.18 Å². The maximum atomic E-state index is 12.9. The van der Waals surface area contributed by atoms with Crippen LogP contribution < -0.4 is 10.6 Å². The first kappa shape index (κ1) is 14.0. The van der Waals surface area contributed by atoms with E-state index in [-0.39, 0.29) is 23.1 Å². The lowest BCUT2D eigenvalue weighted by Crippen LogP contribution is -2.38. The number of nitrogens with one attached hydrogen (secondary N) is 2. The second-order valence-electron chi connectivity index (χ2n) is 5.46. The van der Waals surface area contributed by atoms with Gasteiger partial charge in [-0.2, -0.15) is 0 Å². The number of hydrogen-bond acceptors (Lipinski definition) is 2. The number of carbonyl (C=O) groups is 1. The van der Waals surface area contributed by atoms with E-state index in [1.54, 1.807) is 0 Å². The lowest BCUT2D eigenvalue weighted by Gasteiger charge is -2.18. The Labute approximate surface area is 113 Å². The minimum atomic E-state index is -0.216. The SMILES string of the molecule is CNCC(C)C(=O)NCC1(c2ccc(F)cc2)CC1. The van der Waals surface area contributed by atoms with Crippen molar-refractivity contribution in [2.75, 3.05) is 20.1 Å². The van der Waals surface area contributed by atoms with E-state index in [4.69, 9.17) is 0 Å². The molecular formula is C15H21FN2O. The maximum absolute atomic E-state index is 12.9. The molecule has 1 unspecified atom stereocenters. The van der Waals surface area contributed by atoms with Crippen LogP contribution in [0.1, 0.15) is 25.3 Å². The summed E-state index contributed by atoms with van der Waals surface area (Å²) in [7, 11) is 1.84. The molecule has 1 fully saturated rings. The fourth-order valence-corrected chi connectivity index (χ4v) is 2.35. The highest BCUT2D eigenvalue weighted by molar-refractivity contribution is 5.78. The predicted molar refractivity (Wildman–Crippen MR) is 73.4 cm³/mol. The minimum Gasteiger partial charge on any atom is -0.355 e. The minimum absolute atomic E-state index is 0.0305. The lowest BCUT2D eigenvalue weighted by molar-refractivity contribution is -0.124. The van der Waals surface area contributed by atoms with Gasteiger partial charge in [0.05, 0.1) is 0 Å². The molecule has 1 aliphatic rings. The number of benzene rings is 1. The van der Waals surface area contributed by atoms with Gasteiger partial charge in [0.15, 0.2) is 0 Å². The smallest absolute Gasteiger partial charge is 0.224 e. The van der Waals surface area contributed by atoms with Gasteiger partial charge in [0, 0.05) is 24.4 Å². The molecule has 3 nitrogen and oxygen atoms in total. The molecule has 1 aromatic carbocycles. The van der Waals surface area contributed by atoms with Gasteiger partial charge in [-0.3, -0.25) is 4.79 Å². The van der Waals surface area contributed by atoms with E-state index in [2.05, 4.69) is 10.6 Å². The van der Waals surface area contributed by atoms with Crippen LogP contribution in [0, 0.1) is 11.7 Å². The van der Waals surface area contributed by atoms with Crippen molar-refractivity contribution in [3.63, 3.8) is 0 Å². The van der Waals surface area contributed by atoms with Crippen LogP contribution in [0.15, 0.2) is 24.3 Å². The van der Waals surface area contributed by atoms with Gasteiger partial charge in [0.1, 0.15) is 5.82 Å². The summed E-state index contributed by atoms with van der Waals surface area (Å²) in [6.45, 7) is 3.23. The fraction of sp³-hybridized carbons (Fsp3) is 0.533. The van der Waals surface area contributed by atoms with Crippen molar-refractivity contribution in [2.24, 2.45) is 5.92 Å². The standard InChI is InChI=1S/C15H21FN2O/c1-11(9-17-2)14(19)18-10-15(7-8-15)12-3-5-13(16)6-4-12/h3-6,11,17H,7-10H2,1-2H3,(H,18,19). The summed E-state index contributed by atoms with van der Waals surface area (Å²) >= 11 is 0. The van der Waals surface area contributed by atoms with Crippen molar-refractivity contribution in [1.82, 2.24) is 10.6 Å². The van der Waals surface area contributed by atoms with E-state index in [0.29, 0.717) is 13.1 Å². The Morgan fingerprint density at radius 2 is 2.00 bits per heavy atom. The average Bonchev–Trinajstić information content (AvgIpc) is 3.18.